The highest BCUT2D eigenvalue weighted by Crippen LogP contribution is 2.24. The summed E-state index contributed by atoms with van der Waals surface area (Å²) < 4.78 is 5.26. The monoisotopic (exact) mass is 261 g/mol. The van der Waals surface area contributed by atoms with E-state index in [9.17, 15) is 0 Å². The number of rotatable bonds is 5. The molecule has 0 bridgehead atoms. The maximum Gasteiger partial charge on any atom is 0.191 e. The van der Waals surface area contributed by atoms with Gasteiger partial charge in [0.1, 0.15) is 0 Å². The van der Waals surface area contributed by atoms with E-state index in [1.807, 2.05) is 18.2 Å². The molecule has 1 aromatic rings. The summed E-state index contributed by atoms with van der Waals surface area (Å²) in [4.78, 5) is 4.60. The van der Waals surface area contributed by atoms with Gasteiger partial charge in [0.2, 0.25) is 0 Å². The Kier molecular flexibility index (Phi) is 4.80. The number of hydrogen-bond acceptors (Lipinski definition) is 2. The number of nitrogens with zero attached hydrogens (tertiary/aromatic N) is 1. The molecular weight excluding hydrogens is 238 g/mol. The second-order valence-electron chi connectivity index (χ2n) is 5.34. The Hall–Kier alpha value is -1.55. The first-order chi connectivity index (χ1) is 9.22. The van der Waals surface area contributed by atoms with Gasteiger partial charge in [-0.05, 0) is 12.5 Å². The summed E-state index contributed by atoms with van der Waals surface area (Å²) >= 11 is 0. The minimum atomic E-state index is 0.253. The van der Waals surface area contributed by atoms with Gasteiger partial charge in [0.15, 0.2) is 5.96 Å². The van der Waals surface area contributed by atoms with Gasteiger partial charge in [-0.1, -0.05) is 37.3 Å². The van der Waals surface area contributed by atoms with Crippen LogP contribution in [0.25, 0.3) is 0 Å². The van der Waals surface area contributed by atoms with Crippen molar-refractivity contribution >= 4 is 5.96 Å². The highest BCUT2D eigenvalue weighted by molar-refractivity contribution is 5.79. The van der Waals surface area contributed by atoms with E-state index in [0.717, 1.165) is 32.3 Å². The van der Waals surface area contributed by atoms with Gasteiger partial charge in [-0.2, -0.15) is 0 Å². The first kappa shape index (κ1) is 13.9. The van der Waals surface area contributed by atoms with Crippen molar-refractivity contribution in [2.75, 3.05) is 26.3 Å². The molecule has 1 fully saturated rings. The van der Waals surface area contributed by atoms with Crippen LogP contribution in [-0.4, -0.2) is 32.3 Å². The number of aliphatic imine (C=N–C) groups is 1. The van der Waals surface area contributed by atoms with Crippen LogP contribution in [0, 0.1) is 5.41 Å². The fraction of sp³-hybridized carbons (Fsp3) is 0.533. The molecule has 0 aliphatic carbocycles. The zero-order valence-electron chi connectivity index (χ0n) is 11.8. The van der Waals surface area contributed by atoms with Gasteiger partial charge >= 0.3 is 0 Å². The maximum atomic E-state index is 5.26. The predicted molar refractivity (Wildman–Crippen MR) is 78.2 cm³/mol. The smallest absolute Gasteiger partial charge is 0.191 e. The Balaban J connectivity index is 1.87. The number of guanidine groups is 1. The normalized spacial score (nSPS) is 17.7. The van der Waals surface area contributed by atoms with Crippen molar-refractivity contribution in [2.24, 2.45) is 10.4 Å². The van der Waals surface area contributed by atoms with Crippen molar-refractivity contribution in [3.05, 3.63) is 35.9 Å². The average molecular weight is 261 g/mol. The molecule has 0 unspecified atom stereocenters. The Morgan fingerprint density at radius 1 is 1.26 bits per heavy atom. The number of ether oxygens (including phenoxy) is 1. The van der Waals surface area contributed by atoms with Gasteiger partial charge in [0.05, 0.1) is 19.8 Å². The lowest BCUT2D eigenvalue weighted by molar-refractivity contribution is -0.0971. The lowest BCUT2D eigenvalue weighted by Gasteiger charge is -2.38. The Morgan fingerprint density at radius 3 is 2.58 bits per heavy atom. The summed E-state index contributed by atoms with van der Waals surface area (Å²) in [5, 5.41) is 6.66. The van der Waals surface area contributed by atoms with E-state index in [-0.39, 0.29) is 5.41 Å². The van der Waals surface area contributed by atoms with Gasteiger partial charge in [-0.15, -0.1) is 0 Å². The first-order valence-electron chi connectivity index (χ1n) is 6.86. The fourth-order valence-electron chi connectivity index (χ4n) is 1.95. The van der Waals surface area contributed by atoms with Crippen molar-refractivity contribution in [2.45, 2.75) is 20.4 Å². The highest BCUT2D eigenvalue weighted by atomic mass is 16.5. The zero-order valence-corrected chi connectivity index (χ0v) is 11.8. The second kappa shape index (κ2) is 6.57. The molecule has 1 heterocycles. The molecule has 0 aromatic heterocycles. The third-order valence-corrected chi connectivity index (χ3v) is 3.19. The SMILES string of the molecule is CCNC(=NCc1ccccc1)NCC1(C)COC1. The van der Waals surface area contributed by atoms with Crippen LogP contribution in [0.2, 0.25) is 0 Å². The molecule has 4 heteroatoms. The lowest BCUT2D eigenvalue weighted by atomic mass is 9.89. The lowest BCUT2D eigenvalue weighted by Crippen LogP contribution is -2.51. The molecule has 19 heavy (non-hydrogen) atoms. The average Bonchev–Trinajstić information content (AvgIpc) is 2.41. The third-order valence-electron chi connectivity index (χ3n) is 3.19. The van der Waals surface area contributed by atoms with E-state index in [0.29, 0.717) is 6.54 Å². The van der Waals surface area contributed by atoms with Crippen LogP contribution in [-0.2, 0) is 11.3 Å². The summed E-state index contributed by atoms with van der Waals surface area (Å²) in [5.41, 5.74) is 1.47. The van der Waals surface area contributed by atoms with Crippen molar-refractivity contribution in [1.29, 1.82) is 0 Å². The van der Waals surface area contributed by atoms with Gasteiger partial charge in [0.25, 0.3) is 0 Å². The van der Waals surface area contributed by atoms with Crippen LogP contribution in [0.4, 0.5) is 0 Å². The minimum Gasteiger partial charge on any atom is -0.380 e. The molecule has 0 spiro atoms. The van der Waals surface area contributed by atoms with Crippen molar-refractivity contribution in [1.82, 2.24) is 10.6 Å². The van der Waals surface area contributed by atoms with Crippen LogP contribution in [0.3, 0.4) is 0 Å². The largest absolute Gasteiger partial charge is 0.380 e. The van der Waals surface area contributed by atoms with Gasteiger partial charge < -0.3 is 15.4 Å². The van der Waals surface area contributed by atoms with Crippen LogP contribution in [0.5, 0.6) is 0 Å². The molecular formula is C15H23N3O. The predicted octanol–water partition coefficient (Wildman–Crippen LogP) is 1.78. The highest BCUT2D eigenvalue weighted by Gasteiger charge is 2.33. The summed E-state index contributed by atoms with van der Waals surface area (Å²) in [5.74, 6) is 0.875. The van der Waals surface area contributed by atoms with E-state index in [4.69, 9.17) is 4.74 Å². The summed E-state index contributed by atoms with van der Waals surface area (Å²) in [6.07, 6.45) is 0. The molecule has 0 amide bonds. The molecule has 1 aliphatic heterocycles. The van der Waals surface area contributed by atoms with Crippen LogP contribution < -0.4 is 10.6 Å². The Bertz CT molecular complexity index is 413. The minimum absolute atomic E-state index is 0.253. The van der Waals surface area contributed by atoms with Gasteiger partial charge in [0, 0.05) is 18.5 Å². The van der Waals surface area contributed by atoms with E-state index in [1.54, 1.807) is 0 Å². The number of nitrogens with one attached hydrogen (secondary N) is 2. The van der Waals surface area contributed by atoms with Crippen LogP contribution in [0.1, 0.15) is 19.4 Å². The van der Waals surface area contributed by atoms with Crippen LogP contribution in [0.15, 0.2) is 35.3 Å². The fourth-order valence-corrected chi connectivity index (χ4v) is 1.95. The van der Waals surface area contributed by atoms with E-state index >= 15 is 0 Å². The molecule has 1 saturated heterocycles. The molecule has 2 N–H and O–H groups in total. The first-order valence-corrected chi connectivity index (χ1v) is 6.86. The molecule has 0 saturated carbocycles. The van der Waals surface area contributed by atoms with E-state index in [2.05, 4.69) is 41.6 Å². The topological polar surface area (TPSA) is 45.7 Å². The Labute approximate surface area is 115 Å². The third kappa shape index (κ3) is 4.24. The van der Waals surface area contributed by atoms with Gasteiger partial charge in [-0.25, -0.2) is 4.99 Å². The van der Waals surface area contributed by atoms with Crippen LogP contribution >= 0.6 is 0 Å². The zero-order chi connectivity index (χ0) is 13.6. The molecule has 0 radical (unpaired) electrons. The quantitative estimate of drug-likeness (QED) is 0.627. The van der Waals surface area contributed by atoms with Crippen molar-refractivity contribution < 1.29 is 4.74 Å². The maximum absolute atomic E-state index is 5.26. The second-order valence-corrected chi connectivity index (χ2v) is 5.34. The number of hydrogen-bond donors (Lipinski definition) is 2. The van der Waals surface area contributed by atoms with Crippen molar-refractivity contribution in [3.8, 4) is 0 Å². The Morgan fingerprint density at radius 2 is 2.00 bits per heavy atom. The molecule has 4 nitrogen and oxygen atoms in total. The summed E-state index contributed by atoms with van der Waals surface area (Å²) in [6.45, 7) is 8.43. The van der Waals surface area contributed by atoms with Gasteiger partial charge in [-0.3, -0.25) is 0 Å². The molecule has 0 atom stereocenters. The molecule has 104 valence electrons. The molecule has 1 aliphatic rings. The van der Waals surface area contributed by atoms with E-state index < -0.39 is 0 Å². The standard InChI is InChI=1S/C15H23N3O/c1-3-16-14(18-10-15(2)11-19-12-15)17-9-13-7-5-4-6-8-13/h4-8H,3,9-12H2,1-2H3,(H2,16,17,18). The van der Waals surface area contributed by atoms with Crippen molar-refractivity contribution in [3.63, 3.8) is 0 Å². The molecule has 2 rings (SSSR count). The summed E-state index contributed by atoms with van der Waals surface area (Å²) in [6, 6.07) is 10.3. The molecule has 1 aromatic carbocycles. The number of benzene rings is 1. The van der Waals surface area contributed by atoms with E-state index in [1.165, 1.54) is 5.56 Å². The summed E-state index contributed by atoms with van der Waals surface area (Å²) in [7, 11) is 0.